The summed E-state index contributed by atoms with van der Waals surface area (Å²) in [6.45, 7) is 0. The number of allylic oxidation sites excluding steroid dienone is 1. The number of carbonyl (C=O) groups is 2. The number of nitrogens with zero attached hydrogens (tertiary/aromatic N) is 3. The van der Waals surface area contributed by atoms with E-state index in [1.54, 1.807) is 54.6 Å². The normalized spacial score (nSPS) is 15.3. The van der Waals surface area contributed by atoms with Crippen LogP contribution in [0, 0.1) is 11.3 Å². The standard InChI is InChI=1S/C29H22N4O6/c1-37-28(35)24-23(16-8-4-3-5-9-16)19(15-30)26(31)33(25(24)29(36)38-2)17-12-13-21(34)18(14-17)27-32-20-10-6-7-11-22(20)39-27/h3-14,23,34H,31H2,1-2H3. The summed E-state index contributed by atoms with van der Waals surface area (Å²) in [7, 11) is 2.34. The first-order valence-electron chi connectivity index (χ1n) is 11.7. The lowest BCUT2D eigenvalue weighted by Gasteiger charge is -2.36. The molecule has 0 saturated carbocycles. The lowest BCUT2D eigenvalue weighted by molar-refractivity contribution is -0.139. The fourth-order valence-corrected chi connectivity index (χ4v) is 4.60. The monoisotopic (exact) mass is 522 g/mol. The molecule has 3 N–H and O–H groups in total. The van der Waals surface area contributed by atoms with E-state index in [1.807, 2.05) is 0 Å². The van der Waals surface area contributed by atoms with Crippen LogP contribution in [0.4, 0.5) is 5.69 Å². The van der Waals surface area contributed by atoms with Crippen LogP contribution in [-0.4, -0.2) is 36.2 Å². The van der Waals surface area contributed by atoms with Gasteiger partial charge in [-0.3, -0.25) is 4.90 Å². The highest BCUT2D eigenvalue weighted by atomic mass is 16.5. The number of fused-ring (bicyclic) bond motifs is 1. The average molecular weight is 523 g/mol. The number of nitrogens with two attached hydrogens (primary N) is 1. The molecule has 0 amide bonds. The fraction of sp³-hybridized carbons (Fsp3) is 0.103. The smallest absolute Gasteiger partial charge is 0.355 e. The third-order valence-corrected chi connectivity index (χ3v) is 6.37. The van der Waals surface area contributed by atoms with Crippen LogP contribution < -0.4 is 10.6 Å². The number of ether oxygens (including phenoxy) is 2. The zero-order valence-electron chi connectivity index (χ0n) is 20.9. The van der Waals surface area contributed by atoms with Crippen molar-refractivity contribution in [1.29, 1.82) is 5.26 Å². The number of methoxy groups -OCH3 is 2. The predicted molar refractivity (Wildman–Crippen MR) is 141 cm³/mol. The van der Waals surface area contributed by atoms with E-state index in [-0.39, 0.29) is 45.6 Å². The highest BCUT2D eigenvalue weighted by Crippen LogP contribution is 2.44. The number of hydrogen-bond donors (Lipinski definition) is 2. The van der Waals surface area contributed by atoms with Crippen molar-refractivity contribution in [2.24, 2.45) is 5.73 Å². The van der Waals surface area contributed by atoms with Gasteiger partial charge in [0.15, 0.2) is 5.58 Å². The van der Waals surface area contributed by atoms with Crippen LogP contribution in [0.3, 0.4) is 0 Å². The number of hydrogen-bond acceptors (Lipinski definition) is 10. The van der Waals surface area contributed by atoms with Gasteiger partial charge in [-0.25, -0.2) is 14.6 Å². The number of esters is 2. The molecule has 10 nitrogen and oxygen atoms in total. The number of oxazole rings is 1. The van der Waals surface area contributed by atoms with E-state index in [0.717, 1.165) is 0 Å². The van der Waals surface area contributed by atoms with Gasteiger partial charge in [0, 0.05) is 5.69 Å². The summed E-state index contributed by atoms with van der Waals surface area (Å²) >= 11 is 0. The van der Waals surface area contributed by atoms with Crippen molar-refractivity contribution >= 4 is 28.7 Å². The van der Waals surface area contributed by atoms with Gasteiger partial charge >= 0.3 is 11.9 Å². The van der Waals surface area contributed by atoms with Gasteiger partial charge in [0.05, 0.1) is 42.9 Å². The second-order valence-corrected chi connectivity index (χ2v) is 8.52. The van der Waals surface area contributed by atoms with Crippen molar-refractivity contribution in [3.63, 3.8) is 0 Å². The fourth-order valence-electron chi connectivity index (χ4n) is 4.60. The first-order chi connectivity index (χ1) is 18.9. The molecule has 0 fully saturated rings. The van der Waals surface area contributed by atoms with Crippen LogP contribution in [0.25, 0.3) is 22.6 Å². The molecule has 1 aromatic heterocycles. The van der Waals surface area contributed by atoms with Crippen molar-refractivity contribution in [3.05, 3.63) is 101 Å². The van der Waals surface area contributed by atoms with Crippen LogP contribution >= 0.6 is 0 Å². The van der Waals surface area contributed by atoms with E-state index >= 15 is 0 Å². The van der Waals surface area contributed by atoms with E-state index in [4.69, 9.17) is 19.6 Å². The largest absolute Gasteiger partial charge is 0.507 e. The molecule has 0 spiro atoms. The topological polar surface area (TPSA) is 152 Å². The van der Waals surface area contributed by atoms with Gasteiger partial charge in [-0.05, 0) is 35.9 Å². The molecule has 1 aliphatic heterocycles. The third kappa shape index (κ3) is 4.22. The highest BCUT2D eigenvalue weighted by Gasteiger charge is 2.43. The summed E-state index contributed by atoms with van der Waals surface area (Å²) in [5.74, 6) is -2.85. The molecule has 0 bridgehead atoms. The number of para-hydroxylation sites is 2. The van der Waals surface area contributed by atoms with E-state index < -0.39 is 17.9 Å². The van der Waals surface area contributed by atoms with Crippen LogP contribution in [-0.2, 0) is 19.1 Å². The van der Waals surface area contributed by atoms with Crippen molar-refractivity contribution in [1.82, 2.24) is 4.98 Å². The summed E-state index contributed by atoms with van der Waals surface area (Å²) in [4.78, 5) is 32.2. The predicted octanol–water partition coefficient (Wildman–Crippen LogP) is 4.10. The Labute approximate surface area is 222 Å². The minimum absolute atomic E-state index is 0.0192. The number of rotatable bonds is 5. The van der Waals surface area contributed by atoms with Crippen LogP contribution in [0.5, 0.6) is 5.75 Å². The summed E-state index contributed by atoms with van der Waals surface area (Å²) in [6, 6.07) is 22.2. The van der Waals surface area contributed by atoms with Gasteiger partial charge in [-0.15, -0.1) is 0 Å². The van der Waals surface area contributed by atoms with Gasteiger partial charge in [0.2, 0.25) is 5.89 Å². The first kappa shape index (κ1) is 25.1. The molecule has 0 radical (unpaired) electrons. The Morgan fingerprint density at radius 2 is 1.72 bits per heavy atom. The van der Waals surface area contributed by atoms with Gasteiger partial charge in [-0.1, -0.05) is 42.5 Å². The van der Waals surface area contributed by atoms with E-state index in [2.05, 4.69) is 11.1 Å². The quantitative estimate of drug-likeness (QED) is 0.366. The third-order valence-electron chi connectivity index (χ3n) is 6.37. The molecular weight excluding hydrogens is 500 g/mol. The molecule has 1 aliphatic rings. The number of benzene rings is 3. The zero-order chi connectivity index (χ0) is 27.7. The van der Waals surface area contributed by atoms with Crippen molar-refractivity contribution in [2.75, 3.05) is 19.1 Å². The molecule has 39 heavy (non-hydrogen) atoms. The maximum atomic E-state index is 13.3. The number of aromatic hydroxyl groups is 1. The van der Waals surface area contributed by atoms with Gasteiger partial charge in [0.1, 0.15) is 22.8 Å². The lowest BCUT2D eigenvalue weighted by Crippen LogP contribution is -2.40. The zero-order valence-corrected chi connectivity index (χ0v) is 20.9. The summed E-state index contributed by atoms with van der Waals surface area (Å²) in [6.07, 6.45) is 0. The SMILES string of the molecule is COC(=O)C1=C(C(=O)OC)N(c2ccc(O)c(-c3nc4ccccc4o3)c2)C(N)=C(C#N)C1c1ccccc1. The average Bonchev–Trinajstić information content (AvgIpc) is 3.40. The summed E-state index contributed by atoms with van der Waals surface area (Å²) in [5.41, 5.74) is 8.29. The number of phenolic OH excluding ortho intramolecular Hbond substituents is 1. The molecule has 4 aromatic rings. The summed E-state index contributed by atoms with van der Waals surface area (Å²) < 4.78 is 15.9. The molecule has 1 unspecified atom stereocenters. The molecule has 10 heteroatoms. The minimum atomic E-state index is -0.998. The van der Waals surface area contributed by atoms with Crippen LogP contribution in [0.15, 0.2) is 99.9 Å². The Balaban J connectivity index is 1.78. The first-order valence-corrected chi connectivity index (χ1v) is 11.7. The number of nitriles is 1. The van der Waals surface area contributed by atoms with Crippen molar-refractivity contribution < 1.29 is 28.6 Å². The Morgan fingerprint density at radius 1 is 1.03 bits per heavy atom. The van der Waals surface area contributed by atoms with Gasteiger partial charge in [0.25, 0.3) is 0 Å². The maximum Gasteiger partial charge on any atom is 0.355 e. The lowest BCUT2D eigenvalue weighted by atomic mass is 9.81. The Kier molecular flexibility index (Phi) is 6.48. The second-order valence-electron chi connectivity index (χ2n) is 8.52. The molecule has 1 atom stereocenters. The van der Waals surface area contributed by atoms with Crippen molar-refractivity contribution in [2.45, 2.75) is 5.92 Å². The van der Waals surface area contributed by atoms with Crippen molar-refractivity contribution in [3.8, 4) is 23.3 Å². The number of aromatic nitrogens is 1. The Bertz CT molecular complexity index is 1680. The van der Waals surface area contributed by atoms with Gasteiger partial charge in [-0.2, -0.15) is 5.26 Å². The second kappa shape index (κ2) is 10.1. The molecule has 3 aromatic carbocycles. The van der Waals surface area contributed by atoms with Crippen LogP contribution in [0.2, 0.25) is 0 Å². The molecule has 0 aliphatic carbocycles. The maximum absolute atomic E-state index is 13.3. The van der Waals surface area contributed by atoms with Crippen LogP contribution in [0.1, 0.15) is 11.5 Å². The molecular formula is C29H22N4O6. The molecule has 5 rings (SSSR count). The molecule has 0 saturated heterocycles. The number of carbonyl (C=O) groups excluding carboxylic acids is 2. The number of phenols is 1. The van der Waals surface area contributed by atoms with E-state index in [0.29, 0.717) is 16.7 Å². The van der Waals surface area contributed by atoms with E-state index in [9.17, 15) is 20.0 Å². The van der Waals surface area contributed by atoms with E-state index in [1.165, 1.54) is 37.3 Å². The molecule has 194 valence electrons. The Morgan fingerprint density at radius 3 is 2.38 bits per heavy atom. The Hall–Kier alpha value is -5.56. The molecule has 2 heterocycles. The number of anilines is 1. The summed E-state index contributed by atoms with van der Waals surface area (Å²) in [5, 5.41) is 20.9. The minimum Gasteiger partial charge on any atom is -0.507 e. The van der Waals surface area contributed by atoms with Gasteiger partial charge < -0.3 is 24.7 Å². The highest BCUT2D eigenvalue weighted by molar-refractivity contribution is 6.06.